The predicted octanol–water partition coefficient (Wildman–Crippen LogP) is 4.39. The molecule has 2 aromatic rings. The van der Waals surface area contributed by atoms with Crippen molar-refractivity contribution in [2.24, 2.45) is 0 Å². The number of amides is 1. The second-order valence-corrected chi connectivity index (χ2v) is 9.19. The first-order chi connectivity index (χ1) is 13.6. The molecule has 1 aliphatic carbocycles. The Kier molecular flexibility index (Phi) is 5.76. The lowest BCUT2D eigenvalue weighted by Crippen LogP contribution is -2.48. The highest BCUT2D eigenvalue weighted by Gasteiger charge is 2.29. The molecule has 0 spiro atoms. The van der Waals surface area contributed by atoms with Gasteiger partial charge in [-0.05, 0) is 58.1 Å². The van der Waals surface area contributed by atoms with E-state index in [1.54, 1.807) is 0 Å². The number of carbonyl (C=O) groups excluding carboxylic acids is 1. The van der Waals surface area contributed by atoms with Crippen molar-refractivity contribution in [3.05, 3.63) is 34.6 Å². The fourth-order valence-electron chi connectivity index (χ4n) is 4.83. The molecule has 0 N–H and O–H groups in total. The minimum Gasteiger partial charge on any atom is -0.337 e. The molecule has 2 fully saturated rings. The minimum atomic E-state index is 0.0344. The fraction of sp³-hybridized carbons (Fsp3) is 0.591. The van der Waals surface area contributed by atoms with Crippen molar-refractivity contribution in [1.82, 2.24) is 14.5 Å². The van der Waals surface area contributed by atoms with Gasteiger partial charge in [-0.25, -0.2) is 4.98 Å². The van der Waals surface area contributed by atoms with Crippen LogP contribution in [0.15, 0.2) is 34.2 Å². The number of para-hydroxylation sites is 1. The van der Waals surface area contributed by atoms with Gasteiger partial charge in [0.2, 0.25) is 5.91 Å². The van der Waals surface area contributed by atoms with Crippen LogP contribution in [0.5, 0.6) is 0 Å². The summed E-state index contributed by atoms with van der Waals surface area (Å²) in [4.78, 5) is 33.0. The molecule has 5 nitrogen and oxygen atoms in total. The van der Waals surface area contributed by atoms with Crippen LogP contribution < -0.4 is 5.56 Å². The van der Waals surface area contributed by atoms with Crippen LogP contribution in [0.3, 0.4) is 0 Å². The summed E-state index contributed by atoms with van der Waals surface area (Å²) in [5.74, 6) is 0.497. The molecular formula is C22H29N3O2S. The third-order valence-electron chi connectivity index (χ3n) is 6.27. The standard InChI is InChI=1S/C22H29N3O2S/c1-15-8-7-9-16(2)24(15)20(26)14-28-22-23-19-13-6-5-12-18(19)21(27)25(22)17-10-3-4-11-17/h5-6,12-13,15-17H,3-4,7-11,14H2,1-2H3/t15-,16-/m0/s1. The summed E-state index contributed by atoms with van der Waals surface area (Å²) < 4.78 is 1.87. The normalized spacial score (nSPS) is 23.4. The summed E-state index contributed by atoms with van der Waals surface area (Å²) in [7, 11) is 0. The molecule has 1 aliphatic heterocycles. The van der Waals surface area contributed by atoms with Crippen LogP contribution in [0, 0.1) is 0 Å². The molecule has 0 unspecified atom stereocenters. The summed E-state index contributed by atoms with van der Waals surface area (Å²) in [5.41, 5.74) is 0.753. The number of thioether (sulfide) groups is 1. The first-order valence-corrected chi connectivity index (χ1v) is 11.5. The van der Waals surface area contributed by atoms with E-state index in [1.807, 2.05) is 33.7 Å². The maximum atomic E-state index is 13.2. The Labute approximate surface area is 170 Å². The Morgan fingerprint density at radius 2 is 1.75 bits per heavy atom. The van der Waals surface area contributed by atoms with Gasteiger partial charge in [0.05, 0.1) is 16.7 Å². The largest absolute Gasteiger partial charge is 0.337 e. The zero-order valence-corrected chi connectivity index (χ0v) is 17.6. The molecule has 1 saturated carbocycles. The van der Waals surface area contributed by atoms with Crippen LogP contribution in [0.25, 0.3) is 10.9 Å². The third kappa shape index (κ3) is 3.71. The van der Waals surface area contributed by atoms with E-state index in [0.717, 1.165) is 44.0 Å². The van der Waals surface area contributed by atoms with Crippen LogP contribution in [-0.4, -0.2) is 38.2 Å². The first kappa shape index (κ1) is 19.5. The Hall–Kier alpha value is -1.82. The van der Waals surface area contributed by atoms with Crippen molar-refractivity contribution < 1.29 is 4.79 Å². The fourth-order valence-corrected chi connectivity index (χ4v) is 5.76. The maximum absolute atomic E-state index is 13.2. The van der Waals surface area contributed by atoms with Gasteiger partial charge in [0.25, 0.3) is 5.56 Å². The summed E-state index contributed by atoms with van der Waals surface area (Å²) in [6.07, 6.45) is 7.66. The minimum absolute atomic E-state index is 0.0344. The van der Waals surface area contributed by atoms with Gasteiger partial charge in [-0.3, -0.25) is 14.2 Å². The van der Waals surface area contributed by atoms with Crippen LogP contribution in [0.2, 0.25) is 0 Å². The molecular weight excluding hydrogens is 370 g/mol. The number of rotatable bonds is 4. The van der Waals surface area contributed by atoms with Gasteiger partial charge < -0.3 is 4.90 Å². The molecule has 1 amide bonds. The highest BCUT2D eigenvalue weighted by molar-refractivity contribution is 7.99. The van der Waals surface area contributed by atoms with Gasteiger partial charge in [-0.2, -0.15) is 0 Å². The molecule has 1 saturated heterocycles. The average molecular weight is 400 g/mol. The van der Waals surface area contributed by atoms with Crippen molar-refractivity contribution >= 4 is 28.6 Å². The lowest BCUT2D eigenvalue weighted by atomic mass is 9.98. The number of likely N-dealkylation sites (tertiary alicyclic amines) is 1. The van der Waals surface area contributed by atoms with Crippen molar-refractivity contribution in [2.75, 3.05) is 5.75 Å². The quantitative estimate of drug-likeness (QED) is 0.565. The van der Waals surface area contributed by atoms with Crippen molar-refractivity contribution in [3.8, 4) is 0 Å². The van der Waals surface area contributed by atoms with Gasteiger partial charge in [0.1, 0.15) is 0 Å². The predicted molar refractivity (Wildman–Crippen MR) is 114 cm³/mol. The number of nitrogens with zero attached hydrogens (tertiary/aromatic N) is 3. The van der Waals surface area contributed by atoms with E-state index in [4.69, 9.17) is 4.98 Å². The average Bonchev–Trinajstić information content (AvgIpc) is 3.20. The van der Waals surface area contributed by atoms with Gasteiger partial charge in [-0.15, -0.1) is 0 Å². The highest BCUT2D eigenvalue weighted by atomic mass is 32.2. The van der Waals surface area contributed by atoms with Crippen molar-refractivity contribution in [2.45, 2.75) is 82.1 Å². The van der Waals surface area contributed by atoms with Gasteiger partial charge in [0.15, 0.2) is 5.16 Å². The van der Waals surface area contributed by atoms with E-state index >= 15 is 0 Å². The number of carbonyl (C=O) groups is 1. The van der Waals surface area contributed by atoms with Gasteiger partial charge >= 0.3 is 0 Å². The zero-order valence-electron chi connectivity index (χ0n) is 16.8. The molecule has 28 heavy (non-hydrogen) atoms. The highest BCUT2D eigenvalue weighted by Crippen LogP contribution is 2.32. The smallest absolute Gasteiger partial charge is 0.262 e. The van der Waals surface area contributed by atoms with Crippen LogP contribution in [-0.2, 0) is 4.79 Å². The van der Waals surface area contributed by atoms with Crippen LogP contribution >= 0.6 is 11.8 Å². The van der Waals surface area contributed by atoms with Gasteiger partial charge in [0, 0.05) is 18.1 Å². The molecule has 0 bridgehead atoms. The molecule has 6 heteroatoms. The number of hydrogen-bond donors (Lipinski definition) is 0. The monoisotopic (exact) mass is 399 g/mol. The number of aromatic nitrogens is 2. The molecule has 1 aromatic carbocycles. The second kappa shape index (κ2) is 8.27. The second-order valence-electron chi connectivity index (χ2n) is 8.24. The van der Waals surface area contributed by atoms with E-state index < -0.39 is 0 Å². The Balaban J connectivity index is 1.63. The Morgan fingerprint density at radius 3 is 2.46 bits per heavy atom. The van der Waals surface area contributed by atoms with Crippen molar-refractivity contribution in [1.29, 1.82) is 0 Å². The maximum Gasteiger partial charge on any atom is 0.262 e. The molecule has 4 rings (SSSR count). The third-order valence-corrected chi connectivity index (χ3v) is 7.21. The molecule has 150 valence electrons. The molecule has 0 radical (unpaired) electrons. The van der Waals surface area contributed by atoms with Gasteiger partial charge in [-0.1, -0.05) is 36.7 Å². The van der Waals surface area contributed by atoms with E-state index in [1.165, 1.54) is 18.2 Å². The SMILES string of the molecule is C[C@H]1CCC[C@H](C)N1C(=O)CSc1nc2ccccc2c(=O)n1C1CCCC1. The van der Waals surface area contributed by atoms with Crippen molar-refractivity contribution in [3.63, 3.8) is 0 Å². The molecule has 2 heterocycles. The molecule has 1 aromatic heterocycles. The Morgan fingerprint density at radius 1 is 1.07 bits per heavy atom. The molecule has 2 aliphatic rings. The van der Waals surface area contributed by atoms with E-state index in [0.29, 0.717) is 28.4 Å². The van der Waals surface area contributed by atoms with Crippen LogP contribution in [0.1, 0.15) is 64.8 Å². The van der Waals surface area contributed by atoms with Crippen LogP contribution in [0.4, 0.5) is 0 Å². The summed E-state index contributed by atoms with van der Waals surface area (Å²) in [6, 6.07) is 8.32. The number of benzene rings is 1. The topological polar surface area (TPSA) is 55.2 Å². The van der Waals surface area contributed by atoms with E-state index in [9.17, 15) is 9.59 Å². The molecule has 2 atom stereocenters. The van der Waals surface area contributed by atoms with E-state index in [2.05, 4.69) is 13.8 Å². The number of fused-ring (bicyclic) bond motifs is 1. The summed E-state index contributed by atoms with van der Waals surface area (Å²) >= 11 is 1.43. The van der Waals surface area contributed by atoms with E-state index in [-0.39, 0.29) is 17.5 Å². The summed E-state index contributed by atoms with van der Waals surface area (Å²) in [5, 5.41) is 1.37. The number of piperidine rings is 1. The lowest BCUT2D eigenvalue weighted by molar-refractivity contribution is -0.134. The zero-order chi connectivity index (χ0) is 19.7. The summed E-state index contributed by atoms with van der Waals surface area (Å²) in [6.45, 7) is 4.28. The lowest BCUT2D eigenvalue weighted by Gasteiger charge is -2.39. The Bertz CT molecular complexity index is 910. The first-order valence-electron chi connectivity index (χ1n) is 10.5. The number of hydrogen-bond acceptors (Lipinski definition) is 4.